The smallest absolute Gasteiger partial charge is 0.298 e. The Morgan fingerprint density at radius 3 is 1.71 bits per heavy atom. The maximum Gasteiger partial charge on any atom is 0.437 e. The molecule has 1 aromatic rings. The largest absolute Gasteiger partial charge is 0.437 e. The summed E-state index contributed by atoms with van der Waals surface area (Å²) in [4.78, 5) is 32.6. The maximum absolute atomic E-state index is 11.6. The van der Waals surface area contributed by atoms with Crippen molar-refractivity contribution >= 4 is 35.0 Å². The molecule has 0 radical (unpaired) electrons. The van der Waals surface area contributed by atoms with Crippen LogP contribution in [0.4, 0.5) is 21.0 Å². The number of hydrogen-bond acceptors (Lipinski definition) is 6. The van der Waals surface area contributed by atoms with Crippen molar-refractivity contribution in [3.63, 3.8) is 0 Å². The van der Waals surface area contributed by atoms with E-state index in [1.54, 1.807) is 38.1 Å². The highest BCUT2D eigenvalue weighted by atomic mass is 16.7. The Hall–Kier alpha value is -2.90. The monoisotopic (exact) mass is 334 g/mol. The number of rotatable bonds is 6. The van der Waals surface area contributed by atoms with Crippen LogP contribution in [0, 0.1) is 0 Å². The Labute approximate surface area is 140 Å². The molecule has 0 bridgehead atoms. The van der Waals surface area contributed by atoms with Gasteiger partial charge in [0.1, 0.15) is 0 Å². The molecule has 2 amide bonds. The normalized spacial score (nSPS) is 11.7. The van der Waals surface area contributed by atoms with Crippen molar-refractivity contribution in [2.24, 2.45) is 10.3 Å². The molecule has 0 heterocycles. The minimum Gasteiger partial charge on any atom is -0.298 e. The molecule has 0 fully saturated rings. The number of carbonyl (C=O) groups is 2. The lowest BCUT2D eigenvalue weighted by molar-refractivity contribution is 0.165. The number of anilines is 2. The number of benzene rings is 1. The van der Waals surface area contributed by atoms with Gasteiger partial charge in [-0.2, -0.15) is 0 Å². The molecule has 0 spiro atoms. The van der Waals surface area contributed by atoms with E-state index in [4.69, 9.17) is 9.68 Å². The highest BCUT2D eigenvalue weighted by Gasteiger charge is 2.07. The fraction of sp³-hybridized carbons (Fsp3) is 0.375. The Kier molecular flexibility index (Phi) is 7.97. The predicted molar refractivity (Wildman–Crippen MR) is 93.4 cm³/mol. The third kappa shape index (κ3) is 7.39. The Balaban J connectivity index is 2.60. The third-order valence-electron chi connectivity index (χ3n) is 2.95. The van der Waals surface area contributed by atoms with Gasteiger partial charge < -0.3 is 0 Å². The topological polar surface area (TPSA) is 101 Å². The van der Waals surface area contributed by atoms with Crippen LogP contribution < -0.4 is 10.6 Å². The highest BCUT2D eigenvalue weighted by Crippen LogP contribution is 2.15. The minimum atomic E-state index is -0.717. The molecule has 8 heteroatoms. The predicted octanol–water partition coefficient (Wildman–Crippen LogP) is 4.36. The van der Waals surface area contributed by atoms with Crippen LogP contribution in [-0.4, -0.2) is 23.6 Å². The van der Waals surface area contributed by atoms with Crippen LogP contribution in [-0.2, 0) is 9.68 Å². The first-order chi connectivity index (χ1) is 11.4. The van der Waals surface area contributed by atoms with Crippen LogP contribution in [0.15, 0.2) is 34.6 Å². The Morgan fingerprint density at radius 1 is 0.917 bits per heavy atom. The molecule has 0 aliphatic heterocycles. The summed E-state index contributed by atoms with van der Waals surface area (Å²) >= 11 is 0. The van der Waals surface area contributed by atoms with E-state index in [1.807, 2.05) is 13.8 Å². The van der Waals surface area contributed by atoms with Gasteiger partial charge in [-0.1, -0.05) is 30.2 Å². The van der Waals surface area contributed by atoms with Crippen molar-refractivity contribution < 1.29 is 19.3 Å². The van der Waals surface area contributed by atoms with E-state index in [1.165, 1.54) is 0 Å². The molecular weight excluding hydrogens is 312 g/mol. The summed E-state index contributed by atoms with van der Waals surface area (Å²) in [5.41, 5.74) is 2.28. The molecule has 130 valence electrons. The SMILES string of the molecule is CC/C(C)=N/OC(=O)Nc1cccc(NC(=O)O/N=C(\C)CC)c1. The molecule has 0 aromatic heterocycles. The van der Waals surface area contributed by atoms with Gasteiger partial charge in [0.05, 0.1) is 11.4 Å². The van der Waals surface area contributed by atoms with E-state index in [2.05, 4.69) is 20.9 Å². The van der Waals surface area contributed by atoms with E-state index in [9.17, 15) is 9.59 Å². The van der Waals surface area contributed by atoms with Gasteiger partial charge in [-0.15, -0.1) is 0 Å². The summed E-state index contributed by atoms with van der Waals surface area (Å²) in [7, 11) is 0. The van der Waals surface area contributed by atoms with Crippen LogP contribution >= 0.6 is 0 Å². The number of hydrogen-bond donors (Lipinski definition) is 2. The third-order valence-corrected chi connectivity index (χ3v) is 2.95. The zero-order valence-electron chi connectivity index (χ0n) is 14.3. The summed E-state index contributed by atoms with van der Waals surface area (Å²) in [6.45, 7) is 7.32. The van der Waals surface area contributed by atoms with Gasteiger partial charge in [0.25, 0.3) is 0 Å². The quantitative estimate of drug-likeness (QED) is 0.458. The molecule has 0 aliphatic carbocycles. The second-order valence-corrected chi connectivity index (χ2v) is 4.95. The fourth-order valence-electron chi connectivity index (χ4n) is 1.32. The average Bonchev–Trinajstić information content (AvgIpc) is 2.57. The summed E-state index contributed by atoms with van der Waals surface area (Å²) in [5.74, 6) is 0. The number of amides is 2. The molecule has 0 saturated carbocycles. The average molecular weight is 334 g/mol. The van der Waals surface area contributed by atoms with Gasteiger partial charge >= 0.3 is 12.2 Å². The fourth-order valence-corrected chi connectivity index (χ4v) is 1.32. The lowest BCUT2D eigenvalue weighted by Crippen LogP contribution is -2.13. The molecule has 0 aliphatic rings. The van der Waals surface area contributed by atoms with Crippen LogP contribution in [0.2, 0.25) is 0 Å². The molecule has 8 nitrogen and oxygen atoms in total. The Morgan fingerprint density at radius 2 is 1.33 bits per heavy atom. The summed E-state index contributed by atoms with van der Waals surface area (Å²) in [6, 6.07) is 6.50. The molecule has 2 N–H and O–H groups in total. The van der Waals surface area contributed by atoms with Crippen LogP contribution in [0.25, 0.3) is 0 Å². The number of oxime groups is 2. The van der Waals surface area contributed by atoms with Crippen molar-refractivity contribution in [2.75, 3.05) is 10.6 Å². The van der Waals surface area contributed by atoms with Gasteiger partial charge in [-0.05, 0) is 44.9 Å². The molecule has 1 aromatic carbocycles. The molecule has 0 saturated heterocycles. The molecular formula is C16H22N4O4. The molecule has 24 heavy (non-hydrogen) atoms. The van der Waals surface area contributed by atoms with Gasteiger partial charge in [-0.25, -0.2) is 9.59 Å². The summed E-state index contributed by atoms with van der Waals surface area (Å²) in [6.07, 6.45) is -0.0554. The first-order valence-corrected chi connectivity index (χ1v) is 7.57. The second-order valence-electron chi connectivity index (χ2n) is 4.95. The summed E-state index contributed by atoms with van der Waals surface area (Å²) in [5, 5.41) is 12.3. The first-order valence-electron chi connectivity index (χ1n) is 7.57. The van der Waals surface area contributed by atoms with E-state index in [0.29, 0.717) is 35.6 Å². The molecule has 1 rings (SSSR count). The van der Waals surface area contributed by atoms with Crippen LogP contribution in [0.5, 0.6) is 0 Å². The van der Waals surface area contributed by atoms with Crippen molar-refractivity contribution in [1.82, 2.24) is 0 Å². The van der Waals surface area contributed by atoms with Gasteiger partial charge in [0.2, 0.25) is 0 Å². The van der Waals surface area contributed by atoms with E-state index >= 15 is 0 Å². The zero-order chi connectivity index (χ0) is 17.9. The van der Waals surface area contributed by atoms with E-state index in [0.717, 1.165) is 0 Å². The number of carbonyl (C=O) groups excluding carboxylic acids is 2. The van der Waals surface area contributed by atoms with Crippen molar-refractivity contribution in [2.45, 2.75) is 40.5 Å². The first kappa shape index (κ1) is 19.1. The zero-order valence-corrected chi connectivity index (χ0v) is 14.3. The minimum absolute atomic E-state index is 0.440. The van der Waals surface area contributed by atoms with E-state index < -0.39 is 12.2 Å². The number of nitrogens with one attached hydrogen (secondary N) is 2. The number of nitrogens with zero attached hydrogens (tertiary/aromatic N) is 2. The lowest BCUT2D eigenvalue weighted by Gasteiger charge is -2.07. The standard InChI is InChI=1S/C16H22N4O4/c1-5-11(3)19-23-15(21)17-13-8-7-9-14(10-13)18-16(22)24-20-12(4)6-2/h7-10H,5-6H2,1-4H3,(H,17,21)(H,18,22)/b19-11+,20-12+. The highest BCUT2D eigenvalue weighted by molar-refractivity contribution is 5.90. The van der Waals surface area contributed by atoms with Gasteiger partial charge in [-0.3, -0.25) is 20.3 Å². The lowest BCUT2D eigenvalue weighted by atomic mass is 10.3. The van der Waals surface area contributed by atoms with Crippen molar-refractivity contribution in [1.29, 1.82) is 0 Å². The maximum atomic E-state index is 11.6. The molecule has 0 unspecified atom stereocenters. The van der Waals surface area contributed by atoms with Gasteiger partial charge in [0, 0.05) is 11.4 Å². The molecule has 0 atom stereocenters. The van der Waals surface area contributed by atoms with Gasteiger partial charge in [0.15, 0.2) is 0 Å². The van der Waals surface area contributed by atoms with E-state index in [-0.39, 0.29) is 0 Å². The van der Waals surface area contributed by atoms with Crippen LogP contribution in [0.3, 0.4) is 0 Å². The second kappa shape index (κ2) is 9.98. The van der Waals surface area contributed by atoms with Crippen molar-refractivity contribution in [3.05, 3.63) is 24.3 Å². The van der Waals surface area contributed by atoms with Crippen molar-refractivity contribution in [3.8, 4) is 0 Å². The van der Waals surface area contributed by atoms with Crippen LogP contribution in [0.1, 0.15) is 40.5 Å². The Bertz CT molecular complexity index is 589. The summed E-state index contributed by atoms with van der Waals surface area (Å²) < 4.78 is 0.